The number of fused-ring (bicyclic) bond motifs is 1. The molecule has 0 unspecified atom stereocenters. The van der Waals surface area contributed by atoms with Crippen molar-refractivity contribution in [1.82, 2.24) is 15.0 Å². The second-order valence-corrected chi connectivity index (χ2v) is 7.81. The number of rotatable bonds is 5. The number of ether oxygens (including phenoxy) is 2. The number of para-hydroxylation sites is 2. The highest BCUT2D eigenvalue weighted by Gasteiger charge is 2.49. The van der Waals surface area contributed by atoms with Crippen LogP contribution in [0.5, 0.6) is 5.88 Å². The van der Waals surface area contributed by atoms with E-state index in [-0.39, 0.29) is 6.10 Å². The van der Waals surface area contributed by atoms with Crippen molar-refractivity contribution in [2.24, 2.45) is 0 Å². The van der Waals surface area contributed by atoms with Gasteiger partial charge in [-0.2, -0.15) is 0 Å². The fourth-order valence-corrected chi connectivity index (χ4v) is 4.35. The second-order valence-electron chi connectivity index (χ2n) is 7.81. The van der Waals surface area contributed by atoms with Crippen molar-refractivity contribution in [1.29, 1.82) is 0 Å². The number of hydrogen-bond acceptors (Lipinski definition) is 5. The van der Waals surface area contributed by atoms with Crippen LogP contribution in [0, 0.1) is 0 Å². The highest BCUT2D eigenvalue weighted by Crippen LogP contribution is 2.44. The smallest absolute Gasteiger partial charge is 0.217 e. The van der Waals surface area contributed by atoms with E-state index in [1.807, 2.05) is 30.3 Å². The van der Waals surface area contributed by atoms with Crippen LogP contribution in [0.2, 0.25) is 0 Å². The fraction of sp³-hybridized carbons (Fsp3) is 0.409. The molecule has 2 aliphatic rings. The van der Waals surface area contributed by atoms with Crippen molar-refractivity contribution in [3.8, 4) is 5.88 Å². The molecule has 6 nitrogen and oxygen atoms in total. The highest BCUT2D eigenvalue weighted by molar-refractivity contribution is 5.78. The number of aromatic nitrogens is 3. The highest BCUT2D eigenvalue weighted by atomic mass is 16.5. The Morgan fingerprint density at radius 3 is 2.75 bits per heavy atom. The molecular weight excluding hydrogens is 354 g/mol. The quantitative estimate of drug-likeness (QED) is 0.688. The Hall–Kier alpha value is -2.73. The van der Waals surface area contributed by atoms with Gasteiger partial charge >= 0.3 is 0 Å². The lowest BCUT2D eigenvalue weighted by Crippen LogP contribution is -2.49. The summed E-state index contributed by atoms with van der Waals surface area (Å²) in [6, 6.07) is 11.9. The maximum Gasteiger partial charge on any atom is 0.217 e. The van der Waals surface area contributed by atoms with Crippen LogP contribution in [0.4, 0.5) is 0 Å². The Kier molecular flexibility index (Phi) is 4.36. The molecule has 0 amide bonds. The molecule has 0 bridgehead atoms. The molecule has 3 aromatic rings. The molecule has 144 valence electrons. The van der Waals surface area contributed by atoms with Crippen LogP contribution in [-0.2, 0) is 14.9 Å². The van der Waals surface area contributed by atoms with Crippen LogP contribution in [0.25, 0.3) is 11.0 Å². The topological polar surface area (TPSA) is 77.1 Å². The average molecular weight is 377 g/mol. The monoisotopic (exact) mass is 377 g/mol. The van der Waals surface area contributed by atoms with E-state index in [9.17, 15) is 4.79 Å². The average Bonchev–Trinajstić information content (AvgIpc) is 3.16. The molecule has 3 heterocycles. The molecule has 1 aliphatic heterocycles. The van der Waals surface area contributed by atoms with E-state index in [1.165, 1.54) is 0 Å². The second kappa shape index (κ2) is 7.02. The zero-order chi connectivity index (χ0) is 19.0. The third-order valence-electron chi connectivity index (χ3n) is 6.01. The summed E-state index contributed by atoms with van der Waals surface area (Å²) >= 11 is 0. The number of carbonyl (C=O) groups is 1. The van der Waals surface area contributed by atoms with E-state index in [2.05, 4.69) is 21.0 Å². The van der Waals surface area contributed by atoms with E-state index in [0.717, 1.165) is 54.8 Å². The van der Waals surface area contributed by atoms with E-state index in [4.69, 9.17) is 9.47 Å². The molecule has 1 aliphatic carbocycles. The molecule has 1 aromatic carbocycles. The predicted molar refractivity (Wildman–Crippen MR) is 105 cm³/mol. The summed E-state index contributed by atoms with van der Waals surface area (Å²) in [5.41, 5.74) is 2.39. The predicted octanol–water partition coefficient (Wildman–Crippen LogP) is 3.53. The minimum Gasteiger partial charge on any atom is -0.474 e. The minimum absolute atomic E-state index is 0.0353. The molecule has 0 spiro atoms. The number of hydrogen-bond donors (Lipinski definition) is 1. The zero-order valence-corrected chi connectivity index (χ0v) is 15.6. The molecule has 2 aromatic heterocycles. The van der Waals surface area contributed by atoms with Crippen LogP contribution >= 0.6 is 0 Å². The van der Waals surface area contributed by atoms with E-state index >= 15 is 0 Å². The van der Waals surface area contributed by atoms with Gasteiger partial charge in [-0.25, -0.2) is 9.97 Å². The van der Waals surface area contributed by atoms with Gasteiger partial charge in [0.15, 0.2) is 0 Å². The molecule has 6 heteroatoms. The van der Waals surface area contributed by atoms with Crippen LogP contribution in [0.3, 0.4) is 0 Å². The number of aromatic amines is 1. The summed E-state index contributed by atoms with van der Waals surface area (Å²) in [4.78, 5) is 24.4. The molecule has 0 radical (unpaired) electrons. The fourth-order valence-electron chi connectivity index (χ4n) is 4.35. The Morgan fingerprint density at radius 2 is 1.96 bits per heavy atom. The van der Waals surface area contributed by atoms with Crippen molar-refractivity contribution in [3.05, 3.63) is 54.0 Å². The lowest BCUT2D eigenvalue weighted by Gasteiger charge is -2.42. The van der Waals surface area contributed by atoms with Crippen LogP contribution in [0.1, 0.15) is 43.0 Å². The number of nitrogens with one attached hydrogen (secondary N) is 1. The molecule has 28 heavy (non-hydrogen) atoms. The third-order valence-corrected chi connectivity index (χ3v) is 6.01. The van der Waals surface area contributed by atoms with Crippen LogP contribution in [-0.4, -0.2) is 40.6 Å². The van der Waals surface area contributed by atoms with Gasteiger partial charge in [-0.15, -0.1) is 0 Å². The van der Waals surface area contributed by atoms with E-state index < -0.39 is 5.41 Å². The Morgan fingerprint density at radius 1 is 1.14 bits per heavy atom. The van der Waals surface area contributed by atoms with Gasteiger partial charge in [0.05, 0.1) is 16.4 Å². The maximum absolute atomic E-state index is 12.0. The van der Waals surface area contributed by atoms with Crippen molar-refractivity contribution >= 4 is 17.3 Å². The van der Waals surface area contributed by atoms with Crippen LogP contribution in [0.15, 0.2) is 42.6 Å². The summed E-state index contributed by atoms with van der Waals surface area (Å²) in [5, 5.41) is 0. The van der Waals surface area contributed by atoms with Gasteiger partial charge in [0, 0.05) is 37.8 Å². The Balaban J connectivity index is 1.33. The zero-order valence-electron chi connectivity index (χ0n) is 15.6. The first kappa shape index (κ1) is 17.4. The Bertz CT molecular complexity index is 954. The molecule has 0 atom stereocenters. The first-order valence-corrected chi connectivity index (χ1v) is 9.88. The molecule has 1 N–H and O–H groups in total. The van der Waals surface area contributed by atoms with E-state index in [0.29, 0.717) is 24.6 Å². The van der Waals surface area contributed by atoms with Gasteiger partial charge < -0.3 is 19.3 Å². The Labute approximate surface area is 163 Å². The van der Waals surface area contributed by atoms with Crippen molar-refractivity contribution in [3.63, 3.8) is 0 Å². The number of carbonyl (C=O) groups excluding carboxylic acids is 1. The van der Waals surface area contributed by atoms with Crippen molar-refractivity contribution in [2.45, 2.75) is 43.1 Å². The SMILES string of the molecule is O=C[C@]1(c2nc3ccccc3[nH]2)C[C@H](Oc2ncccc2C2CCOCC2)C1. The lowest BCUT2D eigenvalue weighted by molar-refractivity contribution is -0.119. The normalized spacial score (nSPS) is 25.4. The lowest BCUT2D eigenvalue weighted by atomic mass is 9.67. The number of aldehydes is 1. The van der Waals surface area contributed by atoms with Gasteiger partial charge in [-0.3, -0.25) is 0 Å². The first-order chi connectivity index (χ1) is 13.8. The van der Waals surface area contributed by atoms with Gasteiger partial charge in [-0.05, 0) is 37.0 Å². The number of imidazole rings is 1. The van der Waals surface area contributed by atoms with Crippen molar-refractivity contribution in [2.75, 3.05) is 13.2 Å². The molecular formula is C22H23N3O3. The van der Waals surface area contributed by atoms with Gasteiger partial charge in [-0.1, -0.05) is 18.2 Å². The van der Waals surface area contributed by atoms with E-state index in [1.54, 1.807) is 6.20 Å². The maximum atomic E-state index is 12.0. The molecule has 2 fully saturated rings. The molecule has 1 saturated carbocycles. The first-order valence-electron chi connectivity index (χ1n) is 9.88. The van der Waals surface area contributed by atoms with Crippen LogP contribution < -0.4 is 4.74 Å². The molecule has 1 saturated heterocycles. The number of pyridine rings is 1. The van der Waals surface area contributed by atoms with Gasteiger partial charge in [0.2, 0.25) is 5.88 Å². The summed E-state index contributed by atoms with van der Waals surface area (Å²) in [6.45, 7) is 1.56. The minimum atomic E-state index is -0.600. The molecule has 5 rings (SSSR count). The van der Waals surface area contributed by atoms with Gasteiger partial charge in [0.25, 0.3) is 0 Å². The summed E-state index contributed by atoms with van der Waals surface area (Å²) in [7, 11) is 0. The number of nitrogens with zero attached hydrogens (tertiary/aromatic N) is 2. The summed E-state index contributed by atoms with van der Waals surface area (Å²) in [6.07, 6.45) is 5.95. The number of H-pyrrole nitrogens is 1. The largest absolute Gasteiger partial charge is 0.474 e. The summed E-state index contributed by atoms with van der Waals surface area (Å²) < 4.78 is 11.7. The third kappa shape index (κ3) is 2.98. The van der Waals surface area contributed by atoms with Crippen molar-refractivity contribution < 1.29 is 14.3 Å². The summed E-state index contributed by atoms with van der Waals surface area (Å²) in [5.74, 6) is 1.85. The number of benzene rings is 1. The van der Waals surface area contributed by atoms with Gasteiger partial charge in [0.1, 0.15) is 18.2 Å². The standard InChI is InChI=1S/C22H23N3O3/c26-14-22(21-24-18-5-1-2-6-19(18)25-21)12-16(13-22)28-20-17(4-3-9-23-20)15-7-10-27-11-8-15/h1-6,9,14-16H,7-8,10-13H2,(H,24,25)/t16-,22-.